The topological polar surface area (TPSA) is 66.4 Å². The summed E-state index contributed by atoms with van der Waals surface area (Å²) in [5.41, 5.74) is 0. The van der Waals surface area contributed by atoms with Crippen LogP contribution in [0, 0.1) is 5.92 Å². The molecular weight excluding hydrogens is 258 g/mol. The summed E-state index contributed by atoms with van der Waals surface area (Å²) in [5.74, 6) is 0.161. The highest BCUT2D eigenvalue weighted by molar-refractivity contribution is 7.90. The van der Waals surface area contributed by atoms with Crippen LogP contribution in [0.2, 0.25) is 0 Å². The molecule has 0 aliphatic rings. The minimum Gasteiger partial charge on any atom is -0.395 e. The molecular formula is C11H19NO3S2. The Bertz CT molecular complexity index is 426. The first kappa shape index (κ1) is 14.6. The van der Waals surface area contributed by atoms with E-state index in [-0.39, 0.29) is 18.6 Å². The van der Waals surface area contributed by atoms with Gasteiger partial charge in [-0.25, -0.2) is 13.1 Å². The van der Waals surface area contributed by atoms with Gasteiger partial charge >= 0.3 is 0 Å². The molecule has 17 heavy (non-hydrogen) atoms. The van der Waals surface area contributed by atoms with Crippen molar-refractivity contribution in [3.8, 4) is 0 Å². The van der Waals surface area contributed by atoms with Gasteiger partial charge in [-0.2, -0.15) is 0 Å². The van der Waals surface area contributed by atoms with Crippen molar-refractivity contribution in [3.05, 3.63) is 22.4 Å². The summed E-state index contributed by atoms with van der Waals surface area (Å²) in [4.78, 5) is 0.994. The van der Waals surface area contributed by atoms with Crippen LogP contribution >= 0.6 is 11.3 Å². The molecule has 1 aromatic heterocycles. The molecule has 0 aliphatic carbocycles. The van der Waals surface area contributed by atoms with E-state index < -0.39 is 15.3 Å². The van der Waals surface area contributed by atoms with Crippen molar-refractivity contribution in [1.29, 1.82) is 0 Å². The number of aliphatic hydroxyl groups excluding tert-OH is 1. The number of rotatable bonds is 6. The first-order valence-corrected chi connectivity index (χ1v) is 7.96. The molecule has 0 aromatic carbocycles. The van der Waals surface area contributed by atoms with Crippen molar-refractivity contribution in [2.75, 3.05) is 6.61 Å². The molecule has 0 amide bonds. The number of hydrogen-bond donors (Lipinski definition) is 2. The Morgan fingerprint density at radius 2 is 2.06 bits per heavy atom. The van der Waals surface area contributed by atoms with Crippen molar-refractivity contribution < 1.29 is 13.5 Å². The van der Waals surface area contributed by atoms with Crippen LogP contribution in [0.25, 0.3) is 0 Å². The van der Waals surface area contributed by atoms with E-state index in [0.717, 1.165) is 4.88 Å². The summed E-state index contributed by atoms with van der Waals surface area (Å²) in [6.45, 7) is 5.06. The molecule has 0 aliphatic heterocycles. The van der Waals surface area contributed by atoms with Crippen LogP contribution in [0.1, 0.15) is 31.7 Å². The lowest BCUT2D eigenvalue weighted by Gasteiger charge is -2.23. The second kappa shape index (κ2) is 5.95. The molecule has 1 rings (SSSR count). The fourth-order valence-electron chi connectivity index (χ4n) is 1.38. The Hall–Kier alpha value is -0.430. The minimum absolute atomic E-state index is 0.161. The molecule has 4 nitrogen and oxygen atoms in total. The van der Waals surface area contributed by atoms with Crippen LogP contribution < -0.4 is 4.72 Å². The van der Waals surface area contributed by atoms with E-state index >= 15 is 0 Å². The lowest BCUT2D eigenvalue weighted by atomic mass is 10.0. The summed E-state index contributed by atoms with van der Waals surface area (Å²) in [7, 11) is -3.47. The smallest absolute Gasteiger partial charge is 0.217 e. The number of hydrogen-bond acceptors (Lipinski definition) is 4. The van der Waals surface area contributed by atoms with Crippen LogP contribution in [0.4, 0.5) is 0 Å². The van der Waals surface area contributed by atoms with Gasteiger partial charge in [-0.05, 0) is 24.3 Å². The average molecular weight is 277 g/mol. The zero-order valence-electron chi connectivity index (χ0n) is 10.3. The van der Waals surface area contributed by atoms with E-state index in [4.69, 9.17) is 5.11 Å². The van der Waals surface area contributed by atoms with E-state index in [9.17, 15) is 8.42 Å². The molecule has 1 aromatic rings. The fourth-order valence-corrected chi connectivity index (χ4v) is 3.59. The quantitative estimate of drug-likeness (QED) is 0.832. The maximum absolute atomic E-state index is 11.9. The van der Waals surface area contributed by atoms with Crippen molar-refractivity contribution in [3.63, 3.8) is 0 Å². The lowest BCUT2D eigenvalue weighted by Crippen LogP contribution is -2.38. The predicted octanol–water partition coefficient (Wildman–Crippen LogP) is 1.75. The third-order valence-electron chi connectivity index (χ3n) is 2.59. The van der Waals surface area contributed by atoms with Crippen LogP contribution in [-0.2, 0) is 10.0 Å². The Morgan fingerprint density at radius 3 is 2.47 bits per heavy atom. The maximum Gasteiger partial charge on any atom is 0.217 e. The zero-order valence-corrected chi connectivity index (χ0v) is 11.9. The van der Waals surface area contributed by atoms with E-state index in [1.54, 1.807) is 0 Å². The molecule has 6 heteroatoms. The molecule has 0 saturated carbocycles. The number of thiophene rings is 1. The molecule has 0 spiro atoms. The van der Waals surface area contributed by atoms with Gasteiger partial charge in [0.2, 0.25) is 10.0 Å². The molecule has 0 radical (unpaired) electrons. The number of sulfonamides is 1. The monoisotopic (exact) mass is 277 g/mol. The first-order chi connectivity index (χ1) is 7.88. The van der Waals surface area contributed by atoms with Crippen LogP contribution in [0.3, 0.4) is 0 Å². The van der Waals surface area contributed by atoms with Crippen LogP contribution in [0.5, 0.6) is 0 Å². The van der Waals surface area contributed by atoms with E-state index in [1.807, 2.05) is 31.4 Å². The van der Waals surface area contributed by atoms with Gasteiger partial charge in [0.1, 0.15) is 0 Å². The summed E-state index contributed by atoms with van der Waals surface area (Å²) < 4.78 is 26.5. The van der Waals surface area contributed by atoms with Crippen LogP contribution in [0.15, 0.2) is 17.5 Å². The van der Waals surface area contributed by atoms with E-state index in [1.165, 1.54) is 18.3 Å². The van der Waals surface area contributed by atoms with Crippen molar-refractivity contribution in [2.45, 2.75) is 32.1 Å². The highest BCUT2D eigenvalue weighted by Crippen LogP contribution is 2.26. The zero-order chi connectivity index (χ0) is 13.1. The van der Waals surface area contributed by atoms with Gasteiger partial charge in [0.05, 0.1) is 17.9 Å². The Kier molecular flexibility index (Phi) is 5.12. The second-order valence-corrected chi connectivity index (χ2v) is 7.50. The van der Waals surface area contributed by atoms with Gasteiger partial charge in [-0.15, -0.1) is 11.3 Å². The van der Waals surface area contributed by atoms with Crippen molar-refractivity contribution in [2.24, 2.45) is 5.92 Å². The molecule has 1 heterocycles. The third kappa shape index (κ3) is 3.77. The highest BCUT2D eigenvalue weighted by atomic mass is 32.2. The summed E-state index contributed by atoms with van der Waals surface area (Å²) >= 11 is 1.53. The SMILES string of the molecule is CC(C)C(NS(=O)(=O)C(C)CO)c1cccs1. The summed E-state index contributed by atoms with van der Waals surface area (Å²) in [6.07, 6.45) is 0. The molecule has 98 valence electrons. The lowest BCUT2D eigenvalue weighted by molar-refractivity contribution is 0.294. The van der Waals surface area contributed by atoms with Gasteiger partial charge in [-0.3, -0.25) is 0 Å². The van der Waals surface area contributed by atoms with E-state index in [0.29, 0.717) is 0 Å². The third-order valence-corrected chi connectivity index (χ3v) is 5.34. The van der Waals surface area contributed by atoms with Gasteiger partial charge in [0.15, 0.2) is 0 Å². The number of nitrogens with one attached hydrogen (secondary N) is 1. The minimum atomic E-state index is -3.47. The Labute approximate surface area is 107 Å². The highest BCUT2D eigenvalue weighted by Gasteiger charge is 2.27. The maximum atomic E-state index is 11.9. The second-order valence-electron chi connectivity index (χ2n) is 4.39. The van der Waals surface area contributed by atoms with Gasteiger partial charge < -0.3 is 5.11 Å². The molecule has 2 atom stereocenters. The predicted molar refractivity (Wildman–Crippen MR) is 70.5 cm³/mol. The standard InChI is InChI=1S/C11H19NO3S2/c1-8(2)11(10-5-4-6-16-10)12-17(14,15)9(3)7-13/h4-6,8-9,11-13H,7H2,1-3H3. The van der Waals surface area contributed by atoms with Crippen molar-refractivity contribution >= 4 is 21.4 Å². The largest absolute Gasteiger partial charge is 0.395 e. The average Bonchev–Trinajstić information content (AvgIpc) is 2.77. The van der Waals surface area contributed by atoms with Gasteiger partial charge in [0, 0.05) is 4.88 Å². The Balaban J connectivity index is 2.89. The normalized spacial score (nSPS) is 16.1. The molecule has 0 fully saturated rings. The molecule has 2 unspecified atom stereocenters. The first-order valence-electron chi connectivity index (χ1n) is 5.54. The molecule has 2 N–H and O–H groups in total. The number of aliphatic hydroxyl groups is 1. The fraction of sp³-hybridized carbons (Fsp3) is 0.636. The van der Waals surface area contributed by atoms with Crippen molar-refractivity contribution in [1.82, 2.24) is 4.72 Å². The van der Waals surface area contributed by atoms with E-state index in [2.05, 4.69) is 4.72 Å². The summed E-state index contributed by atoms with van der Waals surface area (Å²) in [6, 6.07) is 3.59. The molecule has 0 bridgehead atoms. The molecule has 0 saturated heterocycles. The van der Waals surface area contributed by atoms with Gasteiger partial charge in [0.25, 0.3) is 0 Å². The van der Waals surface area contributed by atoms with Gasteiger partial charge in [-0.1, -0.05) is 19.9 Å². The Morgan fingerprint density at radius 1 is 1.41 bits per heavy atom. The van der Waals surface area contributed by atoms with Crippen LogP contribution in [-0.4, -0.2) is 25.4 Å². The summed E-state index contributed by atoms with van der Waals surface area (Å²) in [5, 5.41) is 10.1.